The molecule has 10 heteroatoms. The lowest BCUT2D eigenvalue weighted by Crippen LogP contribution is -2.14. The van der Waals surface area contributed by atoms with Crippen molar-refractivity contribution < 1.29 is 17.9 Å². The third-order valence-electron chi connectivity index (χ3n) is 4.36. The number of carbonyl (C=O) groups is 1. The Hall–Kier alpha value is -3.27. The van der Waals surface area contributed by atoms with E-state index in [4.69, 9.17) is 21.5 Å². The predicted octanol–water partition coefficient (Wildman–Crippen LogP) is 3.08. The summed E-state index contributed by atoms with van der Waals surface area (Å²) < 4.78 is 30.5. The van der Waals surface area contributed by atoms with Gasteiger partial charge in [0, 0.05) is 23.2 Å². The van der Waals surface area contributed by atoms with E-state index in [1.807, 2.05) is 18.2 Å². The molecule has 4 aromatic rings. The number of para-hydroxylation sites is 1. The van der Waals surface area contributed by atoms with E-state index in [2.05, 4.69) is 10.1 Å². The highest BCUT2D eigenvalue weighted by Gasteiger charge is 2.19. The van der Waals surface area contributed by atoms with Crippen molar-refractivity contribution >= 4 is 38.4 Å². The number of ether oxygens (including phenoxy) is 1. The molecule has 30 heavy (non-hydrogen) atoms. The molecule has 0 aliphatic carbocycles. The first kappa shape index (κ1) is 20.0. The van der Waals surface area contributed by atoms with E-state index in [9.17, 15) is 13.2 Å². The molecule has 8 nitrogen and oxygen atoms in total. The monoisotopic (exact) mass is 442 g/mol. The van der Waals surface area contributed by atoms with Gasteiger partial charge in [-0.1, -0.05) is 35.9 Å². The van der Waals surface area contributed by atoms with Gasteiger partial charge in [-0.05, 0) is 30.3 Å². The van der Waals surface area contributed by atoms with Crippen LogP contribution in [0.4, 0.5) is 0 Å². The number of rotatable bonds is 5. The second-order valence-corrected chi connectivity index (χ2v) is 8.27. The highest BCUT2D eigenvalue weighted by atomic mass is 35.5. The van der Waals surface area contributed by atoms with Gasteiger partial charge in [0.15, 0.2) is 5.69 Å². The Bertz CT molecular complexity index is 1370. The van der Waals surface area contributed by atoms with E-state index in [1.54, 1.807) is 29.1 Å². The average Bonchev–Trinajstić information content (AvgIpc) is 3.19. The van der Waals surface area contributed by atoms with E-state index < -0.39 is 16.0 Å². The molecule has 0 bridgehead atoms. The summed E-state index contributed by atoms with van der Waals surface area (Å²) in [6, 6.07) is 14.8. The molecule has 2 N–H and O–H groups in total. The molecule has 0 fully saturated rings. The van der Waals surface area contributed by atoms with Crippen molar-refractivity contribution in [2.75, 3.05) is 0 Å². The van der Waals surface area contributed by atoms with E-state index >= 15 is 0 Å². The van der Waals surface area contributed by atoms with Crippen LogP contribution in [0.25, 0.3) is 16.5 Å². The third kappa shape index (κ3) is 3.90. The van der Waals surface area contributed by atoms with Crippen LogP contribution in [-0.4, -0.2) is 29.2 Å². The van der Waals surface area contributed by atoms with Crippen molar-refractivity contribution in [3.8, 4) is 5.69 Å². The van der Waals surface area contributed by atoms with Gasteiger partial charge in [0.2, 0.25) is 10.0 Å². The molecular formula is C20H15ClN4O4S. The Morgan fingerprint density at radius 1 is 1.07 bits per heavy atom. The number of sulfonamides is 1. The van der Waals surface area contributed by atoms with Gasteiger partial charge in [0.1, 0.15) is 12.3 Å². The number of benzene rings is 2. The first-order valence-corrected chi connectivity index (χ1v) is 10.6. The Kier molecular flexibility index (Phi) is 5.25. The van der Waals surface area contributed by atoms with E-state index in [0.29, 0.717) is 27.2 Å². The summed E-state index contributed by atoms with van der Waals surface area (Å²) in [6.07, 6.45) is 3.04. The Balaban J connectivity index is 1.57. The summed E-state index contributed by atoms with van der Waals surface area (Å²) in [5, 5.41) is 10.8. The van der Waals surface area contributed by atoms with Crippen LogP contribution in [0.5, 0.6) is 0 Å². The number of aromatic nitrogens is 3. The predicted molar refractivity (Wildman–Crippen MR) is 111 cm³/mol. The van der Waals surface area contributed by atoms with Crippen LogP contribution >= 0.6 is 11.6 Å². The van der Waals surface area contributed by atoms with Gasteiger partial charge in [-0.15, -0.1) is 0 Å². The number of pyridine rings is 1. The van der Waals surface area contributed by atoms with Crippen molar-refractivity contribution in [1.29, 1.82) is 0 Å². The second-order valence-electron chi connectivity index (χ2n) is 6.34. The molecule has 0 unspecified atom stereocenters. The van der Waals surface area contributed by atoms with Crippen molar-refractivity contribution in [2.24, 2.45) is 5.14 Å². The summed E-state index contributed by atoms with van der Waals surface area (Å²) in [5.74, 6) is -0.709. The lowest BCUT2D eigenvalue weighted by Gasteiger charge is -2.08. The van der Waals surface area contributed by atoms with Gasteiger partial charge in [-0.2, -0.15) is 5.10 Å². The quantitative estimate of drug-likeness (QED) is 0.474. The standard InChI is InChI=1S/C20H15ClN4O4S/c21-16-5-1-2-6-17(16)25-11-9-13(24-25)12-29-20(26)19-15-4-3-7-18(30(22,27)28)14(15)8-10-23-19/h1-11H,12H2,(H2,22,27,28). The molecule has 4 rings (SSSR count). The van der Waals surface area contributed by atoms with E-state index in [0.717, 1.165) is 0 Å². The van der Waals surface area contributed by atoms with Crippen LogP contribution < -0.4 is 5.14 Å². The lowest BCUT2D eigenvalue weighted by molar-refractivity contribution is 0.0463. The van der Waals surface area contributed by atoms with Crippen LogP contribution in [0.15, 0.2) is 71.9 Å². The maximum Gasteiger partial charge on any atom is 0.357 e. The minimum Gasteiger partial charge on any atom is -0.454 e. The van der Waals surface area contributed by atoms with Gasteiger partial charge in [0.25, 0.3) is 0 Å². The molecule has 0 atom stereocenters. The summed E-state index contributed by atoms with van der Waals surface area (Å²) >= 11 is 6.17. The lowest BCUT2D eigenvalue weighted by atomic mass is 10.1. The summed E-state index contributed by atoms with van der Waals surface area (Å²) in [6.45, 7) is -0.0940. The van der Waals surface area contributed by atoms with Crippen molar-refractivity contribution in [3.63, 3.8) is 0 Å². The molecule has 0 saturated heterocycles. The molecular weight excluding hydrogens is 428 g/mol. The molecule has 0 aliphatic heterocycles. The van der Waals surface area contributed by atoms with Crippen LogP contribution in [0.1, 0.15) is 16.2 Å². The zero-order chi connectivity index (χ0) is 21.3. The average molecular weight is 443 g/mol. The number of esters is 1. The van der Waals surface area contributed by atoms with Crippen LogP contribution in [0.2, 0.25) is 5.02 Å². The molecule has 0 saturated carbocycles. The van der Waals surface area contributed by atoms with E-state index in [-0.39, 0.29) is 17.2 Å². The van der Waals surface area contributed by atoms with Crippen molar-refractivity contribution in [3.05, 3.63) is 83.4 Å². The van der Waals surface area contributed by atoms with Crippen molar-refractivity contribution in [1.82, 2.24) is 14.8 Å². The molecule has 2 heterocycles. The zero-order valence-corrected chi connectivity index (χ0v) is 17.0. The first-order chi connectivity index (χ1) is 14.3. The SMILES string of the molecule is NS(=O)(=O)c1cccc2c(C(=O)OCc3ccn(-c4ccccc4Cl)n3)nccc12. The first-order valence-electron chi connectivity index (χ1n) is 8.72. The fourth-order valence-corrected chi connectivity index (χ4v) is 3.98. The Morgan fingerprint density at radius 3 is 2.63 bits per heavy atom. The minimum atomic E-state index is -3.96. The number of primary sulfonamides is 1. The van der Waals surface area contributed by atoms with Gasteiger partial charge in [-0.3, -0.25) is 0 Å². The highest BCUT2D eigenvalue weighted by molar-refractivity contribution is 7.89. The van der Waals surface area contributed by atoms with Crippen LogP contribution in [0.3, 0.4) is 0 Å². The largest absolute Gasteiger partial charge is 0.454 e. The zero-order valence-electron chi connectivity index (χ0n) is 15.4. The molecule has 2 aromatic carbocycles. The molecule has 0 spiro atoms. The van der Waals surface area contributed by atoms with Crippen LogP contribution in [-0.2, 0) is 21.4 Å². The molecule has 0 aliphatic rings. The van der Waals surface area contributed by atoms with Gasteiger partial charge < -0.3 is 4.74 Å². The van der Waals surface area contributed by atoms with Crippen molar-refractivity contribution in [2.45, 2.75) is 11.5 Å². The van der Waals surface area contributed by atoms with Crippen LogP contribution in [0, 0.1) is 0 Å². The normalized spacial score (nSPS) is 11.5. The maximum absolute atomic E-state index is 12.6. The number of nitrogens with two attached hydrogens (primary N) is 1. The van der Waals surface area contributed by atoms with Gasteiger partial charge in [-0.25, -0.2) is 28.0 Å². The maximum atomic E-state index is 12.6. The molecule has 152 valence electrons. The number of fused-ring (bicyclic) bond motifs is 1. The topological polar surface area (TPSA) is 117 Å². The molecule has 2 aromatic heterocycles. The summed E-state index contributed by atoms with van der Waals surface area (Å²) in [7, 11) is -3.96. The fourth-order valence-electron chi connectivity index (χ4n) is 3.01. The summed E-state index contributed by atoms with van der Waals surface area (Å²) in [5.41, 5.74) is 1.19. The minimum absolute atomic E-state index is 0.0106. The molecule has 0 radical (unpaired) electrons. The summed E-state index contributed by atoms with van der Waals surface area (Å²) in [4.78, 5) is 16.6. The Morgan fingerprint density at radius 2 is 1.87 bits per heavy atom. The third-order valence-corrected chi connectivity index (χ3v) is 5.65. The Labute approximate surface area is 176 Å². The highest BCUT2D eigenvalue weighted by Crippen LogP contribution is 2.24. The number of hydrogen-bond acceptors (Lipinski definition) is 6. The van der Waals surface area contributed by atoms with Gasteiger partial charge in [0.05, 0.1) is 15.6 Å². The fraction of sp³-hybridized carbons (Fsp3) is 0.0500. The van der Waals surface area contributed by atoms with Gasteiger partial charge >= 0.3 is 5.97 Å². The number of nitrogens with zero attached hydrogens (tertiary/aromatic N) is 3. The molecule has 0 amide bonds. The number of hydrogen-bond donors (Lipinski definition) is 1. The smallest absolute Gasteiger partial charge is 0.357 e. The van der Waals surface area contributed by atoms with E-state index in [1.165, 1.54) is 24.4 Å². The second kappa shape index (κ2) is 7.86. The number of carbonyl (C=O) groups excluding carboxylic acids is 1. The number of halogens is 1.